The van der Waals surface area contributed by atoms with Gasteiger partial charge in [0.15, 0.2) is 5.65 Å². The highest BCUT2D eigenvalue weighted by Crippen LogP contribution is 2.25. The van der Waals surface area contributed by atoms with Crippen LogP contribution in [-0.4, -0.2) is 42.2 Å². The molecule has 0 aliphatic carbocycles. The molecule has 2 N–H and O–H groups in total. The summed E-state index contributed by atoms with van der Waals surface area (Å²) >= 11 is 6.25. The Morgan fingerprint density at radius 2 is 1.89 bits per heavy atom. The molecule has 4 rings (SSSR count). The minimum absolute atomic E-state index is 0.0123. The van der Waals surface area contributed by atoms with Crippen LogP contribution in [0, 0.1) is 0 Å². The molecule has 0 fully saturated rings. The predicted molar refractivity (Wildman–Crippen MR) is 101 cm³/mol. The van der Waals surface area contributed by atoms with Gasteiger partial charge in [-0.1, -0.05) is 23.7 Å². The number of carbonyl (C=O) groups excluding carboxylic acids is 1. The van der Waals surface area contributed by atoms with Gasteiger partial charge in [-0.25, -0.2) is 24.6 Å². The van der Waals surface area contributed by atoms with Gasteiger partial charge < -0.3 is 5.32 Å². The molecular formula is C17H13ClN8O. The Bertz CT molecular complexity index is 1100. The SMILES string of the molecule is O=C(CNc1ncnc2c1cnn2-c1ccccc1Cl)Nc1ncccn1. The van der Waals surface area contributed by atoms with Crippen LogP contribution < -0.4 is 10.6 Å². The fraction of sp³-hybridized carbons (Fsp3) is 0.0588. The molecule has 0 atom stereocenters. The Hall–Kier alpha value is -3.59. The second-order valence-corrected chi connectivity index (χ2v) is 5.85. The number of carbonyl (C=O) groups is 1. The van der Waals surface area contributed by atoms with E-state index in [-0.39, 0.29) is 18.4 Å². The van der Waals surface area contributed by atoms with Crippen molar-refractivity contribution in [1.29, 1.82) is 0 Å². The molecular weight excluding hydrogens is 368 g/mol. The highest BCUT2D eigenvalue weighted by Gasteiger charge is 2.13. The molecule has 3 heterocycles. The van der Waals surface area contributed by atoms with E-state index in [4.69, 9.17) is 11.6 Å². The summed E-state index contributed by atoms with van der Waals surface area (Å²) in [5.41, 5.74) is 1.28. The summed E-state index contributed by atoms with van der Waals surface area (Å²) in [6.07, 6.45) is 6.12. The van der Waals surface area contributed by atoms with E-state index in [1.54, 1.807) is 35.4 Å². The third-order valence-electron chi connectivity index (χ3n) is 3.68. The molecule has 9 nitrogen and oxygen atoms in total. The molecule has 27 heavy (non-hydrogen) atoms. The molecule has 3 aromatic heterocycles. The molecule has 0 spiro atoms. The molecule has 10 heteroatoms. The normalized spacial score (nSPS) is 10.7. The van der Waals surface area contributed by atoms with Gasteiger partial charge in [0.05, 0.1) is 28.8 Å². The lowest BCUT2D eigenvalue weighted by Gasteiger charge is -2.07. The molecule has 1 aromatic carbocycles. The van der Waals surface area contributed by atoms with Crippen molar-refractivity contribution in [1.82, 2.24) is 29.7 Å². The number of rotatable bonds is 5. The van der Waals surface area contributed by atoms with E-state index < -0.39 is 0 Å². The summed E-state index contributed by atoms with van der Waals surface area (Å²) in [5, 5.41) is 11.1. The van der Waals surface area contributed by atoms with E-state index in [1.807, 2.05) is 18.2 Å². The monoisotopic (exact) mass is 380 g/mol. The van der Waals surface area contributed by atoms with Gasteiger partial charge in [-0.3, -0.25) is 10.1 Å². The lowest BCUT2D eigenvalue weighted by molar-refractivity contribution is -0.114. The Kier molecular flexibility index (Phi) is 4.58. The third-order valence-corrected chi connectivity index (χ3v) is 4.00. The number of aromatic nitrogens is 6. The average Bonchev–Trinajstić information content (AvgIpc) is 3.12. The van der Waals surface area contributed by atoms with Crippen molar-refractivity contribution >= 4 is 40.3 Å². The predicted octanol–water partition coefficient (Wildman–Crippen LogP) is 2.31. The zero-order valence-corrected chi connectivity index (χ0v) is 14.6. The molecule has 0 saturated carbocycles. The number of nitrogens with one attached hydrogen (secondary N) is 2. The molecule has 1 amide bonds. The first-order valence-corrected chi connectivity index (χ1v) is 8.34. The minimum atomic E-state index is -0.300. The number of benzene rings is 1. The van der Waals surface area contributed by atoms with Gasteiger partial charge in [0.1, 0.15) is 12.1 Å². The summed E-state index contributed by atoms with van der Waals surface area (Å²) in [6, 6.07) is 9.00. The van der Waals surface area contributed by atoms with E-state index in [0.29, 0.717) is 27.6 Å². The lowest BCUT2D eigenvalue weighted by atomic mass is 10.3. The maximum absolute atomic E-state index is 12.1. The van der Waals surface area contributed by atoms with Crippen molar-refractivity contribution in [3.63, 3.8) is 0 Å². The fourth-order valence-corrected chi connectivity index (χ4v) is 2.70. The largest absolute Gasteiger partial charge is 0.360 e. The quantitative estimate of drug-likeness (QED) is 0.546. The molecule has 0 aliphatic rings. The van der Waals surface area contributed by atoms with Crippen LogP contribution in [0.2, 0.25) is 5.02 Å². The van der Waals surface area contributed by atoms with Crippen molar-refractivity contribution in [2.75, 3.05) is 17.2 Å². The summed E-state index contributed by atoms with van der Waals surface area (Å²) in [6.45, 7) is -0.0123. The highest BCUT2D eigenvalue weighted by atomic mass is 35.5. The summed E-state index contributed by atoms with van der Waals surface area (Å²) in [7, 11) is 0. The Labute approximate surface area is 158 Å². The Balaban J connectivity index is 1.55. The van der Waals surface area contributed by atoms with Crippen LogP contribution in [0.5, 0.6) is 0 Å². The number of para-hydroxylation sites is 1. The van der Waals surface area contributed by atoms with Crippen molar-refractivity contribution < 1.29 is 4.79 Å². The number of hydrogen-bond donors (Lipinski definition) is 2. The highest BCUT2D eigenvalue weighted by molar-refractivity contribution is 6.32. The molecule has 0 bridgehead atoms. The van der Waals surface area contributed by atoms with Gasteiger partial charge in [0, 0.05) is 12.4 Å². The first-order valence-electron chi connectivity index (χ1n) is 7.97. The van der Waals surface area contributed by atoms with Crippen LogP contribution in [0.4, 0.5) is 11.8 Å². The lowest BCUT2D eigenvalue weighted by Crippen LogP contribution is -2.23. The molecule has 0 unspecified atom stereocenters. The molecule has 134 valence electrons. The second kappa shape index (κ2) is 7.34. The molecule has 4 aromatic rings. The van der Waals surface area contributed by atoms with Gasteiger partial charge >= 0.3 is 0 Å². The average molecular weight is 381 g/mol. The van der Waals surface area contributed by atoms with Gasteiger partial charge in [0.2, 0.25) is 11.9 Å². The number of amides is 1. The molecule has 0 aliphatic heterocycles. The Morgan fingerprint density at radius 3 is 2.70 bits per heavy atom. The molecule has 0 saturated heterocycles. The summed E-state index contributed by atoms with van der Waals surface area (Å²) < 4.78 is 1.63. The van der Waals surface area contributed by atoms with Crippen molar-refractivity contribution in [2.24, 2.45) is 0 Å². The summed E-state index contributed by atoms with van der Waals surface area (Å²) in [5.74, 6) is 0.428. The van der Waals surface area contributed by atoms with E-state index in [9.17, 15) is 4.79 Å². The summed E-state index contributed by atoms with van der Waals surface area (Å²) in [4.78, 5) is 28.4. The van der Waals surface area contributed by atoms with Crippen LogP contribution in [0.15, 0.2) is 55.2 Å². The van der Waals surface area contributed by atoms with Crippen LogP contribution in [0.3, 0.4) is 0 Å². The van der Waals surface area contributed by atoms with Crippen LogP contribution in [0.1, 0.15) is 0 Å². The smallest absolute Gasteiger partial charge is 0.246 e. The number of anilines is 2. The van der Waals surface area contributed by atoms with Crippen LogP contribution in [0.25, 0.3) is 16.7 Å². The number of fused-ring (bicyclic) bond motifs is 1. The minimum Gasteiger partial charge on any atom is -0.360 e. The number of halogens is 1. The Morgan fingerprint density at radius 1 is 1.07 bits per heavy atom. The van der Waals surface area contributed by atoms with Gasteiger partial charge in [-0.2, -0.15) is 5.10 Å². The van der Waals surface area contributed by atoms with Gasteiger partial charge in [-0.15, -0.1) is 0 Å². The van der Waals surface area contributed by atoms with Crippen molar-refractivity contribution in [3.8, 4) is 5.69 Å². The second-order valence-electron chi connectivity index (χ2n) is 5.44. The first-order chi connectivity index (χ1) is 13.2. The van der Waals surface area contributed by atoms with Crippen molar-refractivity contribution in [2.45, 2.75) is 0 Å². The van der Waals surface area contributed by atoms with E-state index >= 15 is 0 Å². The first kappa shape index (κ1) is 16.9. The van der Waals surface area contributed by atoms with E-state index in [2.05, 4.69) is 35.7 Å². The zero-order valence-electron chi connectivity index (χ0n) is 13.9. The van der Waals surface area contributed by atoms with Gasteiger partial charge in [0.25, 0.3) is 0 Å². The van der Waals surface area contributed by atoms with Crippen molar-refractivity contribution in [3.05, 3.63) is 60.3 Å². The number of hydrogen-bond acceptors (Lipinski definition) is 7. The number of nitrogens with zero attached hydrogens (tertiary/aromatic N) is 6. The zero-order chi connectivity index (χ0) is 18.6. The van der Waals surface area contributed by atoms with Gasteiger partial charge in [-0.05, 0) is 18.2 Å². The standard InChI is InChI=1S/C17H13ClN8O/c18-12-4-1-2-5-13(12)26-16-11(8-24-26)15(22-10-23-16)21-9-14(27)25-17-19-6-3-7-20-17/h1-8,10H,9H2,(H,21,22,23)(H,19,20,25,27). The fourth-order valence-electron chi connectivity index (χ4n) is 2.48. The maximum atomic E-state index is 12.1. The molecule has 0 radical (unpaired) electrons. The maximum Gasteiger partial charge on any atom is 0.246 e. The van der Waals surface area contributed by atoms with Crippen LogP contribution in [-0.2, 0) is 4.79 Å². The topological polar surface area (TPSA) is 111 Å². The van der Waals surface area contributed by atoms with E-state index in [0.717, 1.165) is 0 Å². The third kappa shape index (κ3) is 3.53. The van der Waals surface area contributed by atoms with Crippen LogP contribution >= 0.6 is 11.6 Å². The van der Waals surface area contributed by atoms with E-state index in [1.165, 1.54) is 6.33 Å².